The molecule has 0 aromatic heterocycles. The number of allylic oxidation sites excluding steroid dienone is 4. The summed E-state index contributed by atoms with van der Waals surface area (Å²) in [7, 11) is 0. The summed E-state index contributed by atoms with van der Waals surface area (Å²) in [6, 6.07) is 0. The van der Waals surface area contributed by atoms with Crippen molar-refractivity contribution >= 4 is 11.6 Å². The lowest BCUT2D eigenvalue weighted by Crippen LogP contribution is -2.09. The molecule has 0 aromatic carbocycles. The number of carbonyl (C=O) groups is 2. The molecule has 2 heteroatoms. The van der Waals surface area contributed by atoms with Crippen LogP contribution >= 0.6 is 0 Å². The van der Waals surface area contributed by atoms with Crippen molar-refractivity contribution < 1.29 is 9.59 Å². The van der Waals surface area contributed by atoms with Gasteiger partial charge in [-0.1, -0.05) is 70.1 Å². The van der Waals surface area contributed by atoms with E-state index in [0.29, 0.717) is 12.8 Å². The lowest BCUT2D eigenvalue weighted by molar-refractivity contribution is -0.125. The monoisotopic (exact) mass is 276 g/mol. The van der Waals surface area contributed by atoms with Crippen molar-refractivity contribution in [3.8, 4) is 0 Å². The van der Waals surface area contributed by atoms with Crippen LogP contribution in [0.15, 0.2) is 23.8 Å². The van der Waals surface area contributed by atoms with E-state index in [9.17, 15) is 9.59 Å². The number of carbonyl (C=O) groups excluding carboxylic acids is 2. The Bertz CT molecular complexity index is 364. The van der Waals surface area contributed by atoms with E-state index in [2.05, 4.69) is 6.92 Å². The molecule has 0 atom stereocenters. The molecule has 2 nitrogen and oxygen atoms in total. The van der Waals surface area contributed by atoms with Crippen LogP contribution in [0.1, 0.15) is 77.6 Å². The predicted octanol–water partition coefficient (Wildman–Crippen LogP) is 4.93. The Morgan fingerprint density at radius 3 is 2.25 bits per heavy atom. The third-order valence-corrected chi connectivity index (χ3v) is 3.80. The van der Waals surface area contributed by atoms with Crippen molar-refractivity contribution in [3.05, 3.63) is 23.8 Å². The fraction of sp³-hybridized carbons (Fsp3) is 0.667. The van der Waals surface area contributed by atoms with Crippen LogP contribution in [0.2, 0.25) is 0 Å². The summed E-state index contributed by atoms with van der Waals surface area (Å²) in [5, 5.41) is 0. The van der Waals surface area contributed by atoms with Crippen molar-refractivity contribution in [2.75, 3.05) is 0 Å². The number of ketones is 2. The largest absolute Gasteiger partial charge is 0.299 e. The molecule has 0 bridgehead atoms. The molecule has 0 radical (unpaired) electrons. The normalized spacial score (nSPS) is 13.6. The van der Waals surface area contributed by atoms with Gasteiger partial charge in [0.05, 0.1) is 6.42 Å². The zero-order valence-electron chi connectivity index (χ0n) is 12.8. The smallest absolute Gasteiger partial charge is 0.166 e. The third-order valence-electron chi connectivity index (χ3n) is 3.80. The Morgan fingerprint density at radius 2 is 1.65 bits per heavy atom. The second-order valence-corrected chi connectivity index (χ2v) is 5.69. The summed E-state index contributed by atoms with van der Waals surface area (Å²) in [6.45, 7) is 2.23. The zero-order chi connectivity index (χ0) is 14.6. The number of unbranched alkanes of at least 4 members (excludes halogenated alkanes) is 7. The molecule has 0 spiro atoms. The predicted molar refractivity (Wildman–Crippen MR) is 83.7 cm³/mol. The molecule has 112 valence electrons. The molecule has 0 fully saturated rings. The van der Waals surface area contributed by atoms with E-state index in [1.165, 1.54) is 38.5 Å². The zero-order valence-corrected chi connectivity index (χ0v) is 12.8. The maximum Gasteiger partial charge on any atom is 0.166 e. The first-order valence-electron chi connectivity index (χ1n) is 8.14. The molecule has 0 aromatic rings. The molecule has 0 unspecified atom stereocenters. The number of hydrogen-bond acceptors (Lipinski definition) is 2. The van der Waals surface area contributed by atoms with Gasteiger partial charge in [0, 0.05) is 6.42 Å². The molecule has 20 heavy (non-hydrogen) atoms. The van der Waals surface area contributed by atoms with Gasteiger partial charge in [0.25, 0.3) is 0 Å². The average Bonchev–Trinajstić information content (AvgIpc) is 2.96. The molecule has 0 N–H and O–H groups in total. The van der Waals surface area contributed by atoms with Crippen LogP contribution in [0.3, 0.4) is 0 Å². The highest BCUT2D eigenvalue weighted by Gasteiger charge is 2.14. The van der Waals surface area contributed by atoms with E-state index >= 15 is 0 Å². The Balaban J connectivity index is 1.96. The minimum Gasteiger partial charge on any atom is -0.299 e. The lowest BCUT2D eigenvalue weighted by Gasteiger charge is -2.03. The maximum atomic E-state index is 11.8. The maximum absolute atomic E-state index is 11.8. The van der Waals surface area contributed by atoms with Crippen LogP contribution in [0.25, 0.3) is 0 Å². The van der Waals surface area contributed by atoms with Gasteiger partial charge in [-0.15, -0.1) is 0 Å². The van der Waals surface area contributed by atoms with Crippen molar-refractivity contribution in [2.45, 2.75) is 77.6 Å². The van der Waals surface area contributed by atoms with Crippen molar-refractivity contribution in [1.82, 2.24) is 0 Å². The summed E-state index contributed by atoms with van der Waals surface area (Å²) in [6.07, 6.45) is 16.9. The Labute approximate surface area is 123 Å². The highest BCUT2D eigenvalue weighted by atomic mass is 16.1. The van der Waals surface area contributed by atoms with E-state index in [1.807, 2.05) is 18.2 Å². The standard InChI is InChI=1S/C18H28O2/c1-2-3-4-5-6-7-8-9-14-17(19)15-18(20)16-12-10-11-13-16/h10-12H,2-9,13-15H2,1H3. The molecule has 1 aliphatic carbocycles. The average molecular weight is 276 g/mol. The van der Waals surface area contributed by atoms with Gasteiger partial charge < -0.3 is 0 Å². The fourth-order valence-corrected chi connectivity index (χ4v) is 2.49. The van der Waals surface area contributed by atoms with Crippen LogP contribution in [-0.2, 0) is 9.59 Å². The van der Waals surface area contributed by atoms with Gasteiger partial charge in [0.1, 0.15) is 5.78 Å². The first kappa shape index (κ1) is 16.9. The van der Waals surface area contributed by atoms with Crippen molar-refractivity contribution in [1.29, 1.82) is 0 Å². The first-order valence-corrected chi connectivity index (χ1v) is 8.14. The van der Waals surface area contributed by atoms with E-state index in [1.54, 1.807) is 0 Å². The highest BCUT2D eigenvalue weighted by Crippen LogP contribution is 2.15. The quantitative estimate of drug-likeness (QED) is 0.374. The fourth-order valence-electron chi connectivity index (χ4n) is 2.49. The SMILES string of the molecule is CCCCCCCCCCC(=O)CC(=O)C1=CC=CC1. The number of hydrogen-bond donors (Lipinski definition) is 0. The Hall–Kier alpha value is -1.18. The number of Topliss-reactive ketones (excluding diaryl/α,β-unsaturated/α-hetero) is 2. The highest BCUT2D eigenvalue weighted by molar-refractivity contribution is 6.08. The van der Waals surface area contributed by atoms with Gasteiger partial charge in [-0.2, -0.15) is 0 Å². The third kappa shape index (κ3) is 7.42. The van der Waals surface area contributed by atoms with Crippen LogP contribution in [0.5, 0.6) is 0 Å². The number of rotatable bonds is 12. The second kappa shape index (κ2) is 10.6. The van der Waals surface area contributed by atoms with Crippen LogP contribution < -0.4 is 0 Å². The molecule has 0 saturated carbocycles. The Kier molecular flexibility index (Phi) is 8.93. The second-order valence-electron chi connectivity index (χ2n) is 5.69. The van der Waals surface area contributed by atoms with Gasteiger partial charge in [0.15, 0.2) is 5.78 Å². The van der Waals surface area contributed by atoms with Crippen LogP contribution in [0, 0.1) is 0 Å². The molecular formula is C18H28O2. The van der Waals surface area contributed by atoms with E-state index in [-0.39, 0.29) is 18.0 Å². The summed E-state index contributed by atoms with van der Waals surface area (Å²) in [5.74, 6) is 0.119. The van der Waals surface area contributed by atoms with Crippen LogP contribution in [-0.4, -0.2) is 11.6 Å². The van der Waals surface area contributed by atoms with E-state index in [4.69, 9.17) is 0 Å². The molecule has 1 rings (SSSR count). The summed E-state index contributed by atoms with van der Waals surface area (Å²) >= 11 is 0. The van der Waals surface area contributed by atoms with Gasteiger partial charge in [0.2, 0.25) is 0 Å². The molecule has 0 amide bonds. The molecule has 1 aliphatic rings. The molecule has 0 heterocycles. The minimum absolute atomic E-state index is 0.0135. The lowest BCUT2D eigenvalue weighted by atomic mass is 10.0. The van der Waals surface area contributed by atoms with Crippen LogP contribution in [0.4, 0.5) is 0 Å². The molecular weight excluding hydrogens is 248 g/mol. The minimum atomic E-state index is 0.0135. The van der Waals surface area contributed by atoms with Gasteiger partial charge in [-0.25, -0.2) is 0 Å². The summed E-state index contributed by atoms with van der Waals surface area (Å²) in [4.78, 5) is 23.5. The van der Waals surface area contributed by atoms with Gasteiger partial charge in [-0.3, -0.25) is 9.59 Å². The van der Waals surface area contributed by atoms with Gasteiger partial charge >= 0.3 is 0 Å². The first-order chi connectivity index (χ1) is 9.74. The van der Waals surface area contributed by atoms with E-state index < -0.39 is 0 Å². The van der Waals surface area contributed by atoms with E-state index in [0.717, 1.165) is 18.4 Å². The van der Waals surface area contributed by atoms with Crippen molar-refractivity contribution in [2.24, 2.45) is 0 Å². The van der Waals surface area contributed by atoms with Crippen molar-refractivity contribution in [3.63, 3.8) is 0 Å². The molecule has 0 aliphatic heterocycles. The summed E-state index contributed by atoms with van der Waals surface area (Å²) in [5.41, 5.74) is 0.786. The Morgan fingerprint density at radius 1 is 1.00 bits per heavy atom. The molecule has 0 saturated heterocycles. The summed E-state index contributed by atoms with van der Waals surface area (Å²) < 4.78 is 0. The topological polar surface area (TPSA) is 34.1 Å². The van der Waals surface area contributed by atoms with Gasteiger partial charge in [-0.05, 0) is 18.4 Å².